The molecule has 0 bridgehead atoms. The van der Waals surface area contributed by atoms with Crippen molar-refractivity contribution in [1.82, 2.24) is 9.78 Å². The van der Waals surface area contributed by atoms with Crippen molar-refractivity contribution >= 4 is 0 Å². The first-order valence-corrected chi connectivity index (χ1v) is 7.03. The Kier molecular flexibility index (Phi) is 4.69. The minimum absolute atomic E-state index is 0.0664. The summed E-state index contributed by atoms with van der Waals surface area (Å²) >= 11 is 0. The van der Waals surface area contributed by atoms with Crippen molar-refractivity contribution in [2.75, 3.05) is 0 Å². The molecule has 0 saturated heterocycles. The van der Waals surface area contributed by atoms with E-state index in [0.29, 0.717) is 12.0 Å². The van der Waals surface area contributed by atoms with Crippen LogP contribution in [0.2, 0.25) is 0 Å². The molecule has 0 amide bonds. The molecule has 1 heterocycles. The van der Waals surface area contributed by atoms with Gasteiger partial charge >= 0.3 is 0 Å². The molecule has 110 valence electrons. The Labute approximate surface area is 113 Å². The lowest BCUT2D eigenvalue weighted by Crippen LogP contribution is -2.18. The second-order valence-electron chi connectivity index (χ2n) is 4.46. The molecule has 5 heteroatoms. The summed E-state index contributed by atoms with van der Waals surface area (Å²) in [6.07, 6.45) is -0.791. The molecule has 0 N–H and O–H groups in total. The van der Waals surface area contributed by atoms with Crippen LogP contribution < -0.4 is 0 Å². The normalized spacial score (nSPS) is 26.2. The van der Waals surface area contributed by atoms with Crippen LogP contribution in [0.5, 0.6) is 0 Å². The highest BCUT2D eigenvalue weighted by Crippen LogP contribution is 2.67. The van der Waals surface area contributed by atoms with Crippen molar-refractivity contribution in [2.45, 2.75) is 59.1 Å². The van der Waals surface area contributed by atoms with E-state index in [1.165, 1.54) is 14.0 Å². The van der Waals surface area contributed by atoms with Crippen LogP contribution in [0.3, 0.4) is 0 Å². The molecule has 0 aromatic carbocycles. The summed E-state index contributed by atoms with van der Waals surface area (Å²) < 4.78 is 41.8. The monoisotopic (exact) mass is 276 g/mol. The number of nitrogens with zero attached hydrogens (tertiary/aromatic N) is 2. The minimum Gasteiger partial charge on any atom is -0.266 e. The molecule has 2 aliphatic rings. The van der Waals surface area contributed by atoms with Crippen LogP contribution in [0.1, 0.15) is 70.1 Å². The summed E-state index contributed by atoms with van der Waals surface area (Å²) in [4.78, 5) is 0. The summed E-state index contributed by atoms with van der Waals surface area (Å²) in [5.41, 5.74) is 0.614. The Morgan fingerprint density at radius 2 is 1.79 bits per heavy atom. The van der Waals surface area contributed by atoms with Gasteiger partial charge in [-0.3, -0.25) is 4.68 Å². The summed E-state index contributed by atoms with van der Waals surface area (Å²) in [6.45, 7) is 9.34. The van der Waals surface area contributed by atoms with Gasteiger partial charge in [0.05, 0.1) is 0 Å². The van der Waals surface area contributed by atoms with Gasteiger partial charge in [0, 0.05) is 18.5 Å². The van der Waals surface area contributed by atoms with Crippen molar-refractivity contribution in [3.05, 3.63) is 17.0 Å². The summed E-state index contributed by atoms with van der Waals surface area (Å²) in [5.74, 6) is -3.57. The minimum atomic E-state index is -2.81. The lowest BCUT2D eigenvalue weighted by atomic mass is 10.1. The van der Waals surface area contributed by atoms with Crippen molar-refractivity contribution in [2.24, 2.45) is 13.0 Å². The number of halogens is 3. The van der Waals surface area contributed by atoms with Crippen LogP contribution in [0, 0.1) is 5.92 Å². The number of alkyl halides is 3. The van der Waals surface area contributed by atoms with Gasteiger partial charge in [-0.2, -0.15) is 13.9 Å². The van der Waals surface area contributed by atoms with Gasteiger partial charge < -0.3 is 0 Å². The van der Waals surface area contributed by atoms with Gasteiger partial charge in [0.25, 0.3) is 5.92 Å². The molecule has 0 spiro atoms. The maximum Gasteiger partial charge on any atom is 0.293 e. The highest BCUT2D eigenvalue weighted by atomic mass is 19.3. The molecule has 1 fully saturated rings. The van der Waals surface area contributed by atoms with Gasteiger partial charge in [-0.1, -0.05) is 27.7 Å². The van der Waals surface area contributed by atoms with Crippen molar-refractivity contribution in [1.29, 1.82) is 0 Å². The Balaban J connectivity index is 0.000000415. The van der Waals surface area contributed by atoms with Crippen LogP contribution in [0.25, 0.3) is 0 Å². The Hall–Kier alpha value is -1.00. The highest BCUT2D eigenvalue weighted by Gasteiger charge is 2.66. The Morgan fingerprint density at radius 3 is 2.26 bits per heavy atom. The molecule has 1 aromatic heterocycles. The van der Waals surface area contributed by atoms with E-state index in [4.69, 9.17) is 0 Å². The zero-order valence-electron chi connectivity index (χ0n) is 12.5. The molecule has 2 nitrogen and oxygen atoms in total. The lowest BCUT2D eigenvalue weighted by molar-refractivity contribution is -0.0301. The van der Waals surface area contributed by atoms with Crippen LogP contribution in [0.4, 0.5) is 13.2 Å². The van der Waals surface area contributed by atoms with Gasteiger partial charge in [-0.05, 0) is 19.3 Å². The first-order chi connectivity index (χ1) is 8.94. The first kappa shape index (κ1) is 16.1. The fraction of sp³-hybridized carbons (Fsp3) is 0.786. The van der Waals surface area contributed by atoms with Crippen molar-refractivity contribution < 1.29 is 13.2 Å². The van der Waals surface area contributed by atoms with E-state index in [-0.39, 0.29) is 17.3 Å². The van der Waals surface area contributed by atoms with Crippen molar-refractivity contribution in [3.8, 4) is 0 Å². The zero-order valence-corrected chi connectivity index (χ0v) is 12.5. The molecule has 19 heavy (non-hydrogen) atoms. The molecule has 3 atom stereocenters. The second kappa shape index (κ2) is 5.55. The molecular formula is C14H23F3N2. The maximum atomic E-state index is 13.7. The van der Waals surface area contributed by atoms with E-state index in [1.54, 1.807) is 0 Å². The molecular weight excluding hydrogens is 253 g/mol. The molecule has 0 radical (unpaired) electrons. The third-order valence-corrected chi connectivity index (χ3v) is 3.43. The fourth-order valence-corrected chi connectivity index (χ4v) is 2.71. The zero-order chi connectivity index (χ0) is 15.0. The predicted octanol–water partition coefficient (Wildman–Crippen LogP) is 4.71. The van der Waals surface area contributed by atoms with E-state index in [0.717, 1.165) is 4.68 Å². The van der Waals surface area contributed by atoms with Gasteiger partial charge in [-0.15, -0.1) is 0 Å². The number of fused-ring (bicyclic) bond motifs is 3. The predicted molar refractivity (Wildman–Crippen MR) is 70.2 cm³/mol. The summed E-state index contributed by atoms with van der Waals surface area (Å²) in [6, 6.07) is 0. The van der Waals surface area contributed by atoms with Crippen LogP contribution in [-0.4, -0.2) is 9.78 Å². The van der Waals surface area contributed by atoms with E-state index in [2.05, 4.69) is 5.10 Å². The standard InChI is InChI=1S/C10H11F3N2.2C2H6/c1-4(11)8-7-5-3-6(5)10(12,13)9(7)15(2)14-8;2*1-2/h4-6H,3H2,1-2H3;2*1-2H3/t4?,5-,6?;;/m0../s1. The smallest absolute Gasteiger partial charge is 0.266 e. The molecule has 1 aromatic rings. The van der Waals surface area contributed by atoms with Crippen LogP contribution in [-0.2, 0) is 13.0 Å². The largest absolute Gasteiger partial charge is 0.293 e. The first-order valence-electron chi connectivity index (χ1n) is 7.03. The van der Waals surface area contributed by atoms with E-state index >= 15 is 0 Å². The van der Waals surface area contributed by atoms with Gasteiger partial charge in [0.2, 0.25) is 0 Å². The maximum absolute atomic E-state index is 13.7. The highest BCUT2D eigenvalue weighted by molar-refractivity contribution is 5.46. The van der Waals surface area contributed by atoms with E-state index < -0.39 is 18.0 Å². The SMILES string of the molecule is CC.CC.CC(F)c1nn(C)c2c1[C@H]1CC1C2(F)F. The van der Waals surface area contributed by atoms with Crippen LogP contribution in [0.15, 0.2) is 0 Å². The molecule has 2 aliphatic carbocycles. The Bertz CT molecular complexity index is 438. The molecule has 2 unspecified atom stereocenters. The van der Waals surface area contributed by atoms with Gasteiger partial charge in [0.15, 0.2) is 0 Å². The van der Waals surface area contributed by atoms with Gasteiger partial charge in [-0.25, -0.2) is 4.39 Å². The van der Waals surface area contributed by atoms with Crippen molar-refractivity contribution in [3.63, 3.8) is 0 Å². The second-order valence-corrected chi connectivity index (χ2v) is 4.46. The third kappa shape index (κ3) is 2.28. The number of hydrogen-bond donors (Lipinski definition) is 0. The van der Waals surface area contributed by atoms with Gasteiger partial charge in [0.1, 0.15) is 17.6 Å². The number of hydrogen-bond acceptors (Lipinski definition) is 1. The molecule has 0 aliphatic heterocycles. The van der Waals surface area contributed by atoms with E-state index in [1.807, 2.05) is 27.7 Å². The average molecular weight is 276 g/mol. The number of rotatable bonds is 1. The third-order valence-electron chi connectivity index (χ3n) is 3.43. The van der Waals surface area contributed by atoms with Crippen LogP contribution >= 0.6 is 0 Å². The number of aryl methyl sites for hydroxylation is 1. The topological polar surface area (TPSA) is 17.8 Å². The lowest BCUT2D eigenvalue weighted by Gasteiger charge is -2.12. The van der Waals surface area contributed by atoms with E-state index in [9.17, 15) is 13.2 Å². The quantitative estimate of drug-likeness (QED) is 0.726. The number of aromatic nitrogens is 2. The average Bonchev–Trinajstić information content (AvgIpc) is 3.06. The molecule has 1 saturated carbocycles. The summed E-state index contributed by atoms with van der Waals surface area (Å²) in [5, 5.41) is 3.87. The molecule has 3 rings (SSSR count). The fourth-order valence-electron chi connectivity index (χ4n) is 2.71. The Morgan fingerprint density at radius 1 is 1.26 bits per heavy atom. The summed E-state index contributed by atoms with van der Waals surface area (Å²) in [7, 11) is 1.46.